The van der Waals surface area contributed by atoms with Crippen molar-refractivity contribution in [1.82, 2.24) is 4.31 Å². The highest BCUT2D eigenvalue weighted by Gasteiger charge is 2.30. The molecule has 6 heteroatoms. The highest BCUT2D eigenvalue weighted by molar-refractivity contribution is 7.89. The number of nitrogens with two attached hydrogens (primary N) is 1. The van der Waals surface area contributed by atoms with E-state index in [1.54, 1.807) is 16.4 Å². The summed E-state index contributed by atoms with van der Waals surface area (Å²) in [5.41, 5.74) is 7.35. The molecule has 2 aromatic carbocycles. The van der Waals surface area contributed by atoms with E-state index >= 15 is 0 Å². The van der Waals surface area contributed by atoms with Crippen molar-refractivity contribution in [3.63, 3.8) is 0 Å². The smallest absolute Gasteiger partial charge is 0.243 e. The summed E-state index contributed by atoms with van der Waals surface area (Å²) >= 11 is 0. The lowest BCUT2D eigenvalue weighted by atomic mass is 10.0. The minimum atomic E-state index is -3.72. The van der Waals surface area contributed by atoms with E-state index in [0.717, 1.165) is 24.8 Å². The van der Waals surface area contributed by atoms with Gasteiger partial charge in [0, 0.05) is 12.6 Å². The van der Waals surface area contributed by atoms with Crippen molar-refractivity contribution in [1.29, 1.82) is 0 Å². The van der Waals surface area contributed by atoms with E-state index < -0.39 is 10.0 Å². The molecule has 2 rings (SSSR count). The summed E-state index contributed by atoms with van der Waals surface area (Å²) in [4.78, 5) is 0.207. The number of hydrogen-bond acceptors (Lipinski definition) is 4. The number of rotatable bonds is 20. The van der Waals surface area contributed by atoms with Crippen molar-refractivity contribution in [3.05, 3.63) is 54.1 Å². The Morgan fingerprint density at radius 2 is 1.30 bits per heavy atom. The molecule has 2 aromatic rings. The van der Waals surface area contributed by atoms with E-state index in [4.69, 9.17) is 10.5 Å². The first-order valence-electron chi connectivity index (χ1n) is 14.4. The molecule has 208 valence electrons. The predicted molar refractivity (Wildman–Crippen MR) is 156 cm³/mol. The Hall–Kier alpha value is -2.05. The van der Waals surface area contributed by atoms with Crippen molar-refractivity contribution in [3.8, 4) is 5.75 Å². The monoisotopic (exact) mass is 530 g/mol. The van der Waals surface area contributed by atoms with Gasteiger partial charge in [0.05, 0.1) is 17.7 Å². The molecule has 0 heterocycles. The van der Waals surface area contributed by atoms with E-state index in [2.05, 4.69) is 6.92 Å². The van der Waals surface area contributed by atoms with Gasteiger partial charge in [0.1, 0.15) is 5.75 Å². The van der Waals surface area contributed by atoms with Gasteiger partial charge in [-0.15, -0.1) is 0 Å². The Labute approximate surface area is 226 Å². The minimum Gasteiger partial charge on any atom is -0.495 e. The fourth-order valence-electron chi connectivity index (χ4n) is 4.89. The molecule has 0 aliphatic carbocycles. The third-order valence-corrected chi connectivity index (χ3v) is 9.22. The third kappa shape index (κ3) is 10.7. The molecule has 0 saturated heterocycles. The fourth-order valence-corrected chi connectivity index (χ4v) is 6.58. The number of nitrogen functional groups attached to an aromatic ring is 1. The average molecular weight is 531 g/mol. The van der Waals surface area contributed by atoms with E-state index in [0.29, 0.717) is 18.0 Å². The van der Waals surface area contributed by atoms with Gasteiger partial charge >= 0.3 is 0 Å². The molecule has 0 fully saturated rings. The molecule has 37 heavy (non-hydrogen) atoms. The van der Waals surface area contributed by atoms with Crippen LogP contribution in [0.15, 0.2) is 53.4 Å². The Bertz CT molecular complexity index is 979. The molecule has 0 aromatic heterocycles. The summed E-state index contributed by atoms with van der Waals surface area (Å²) in [5.74, 6) is 0.480. The van der Waals surface area contributed by atoms with E-state index in [1.165, 1.54) is 83.8 Å². The van der Waals surface area contributed by atoms with Crippen LogP contribution in [0.1, 0.15) is 115 Å². The maximum Gasteiger partial charge on any atom is 0.243 e. The van der Waals surface area contributed by atoms with Crippen LogP contribution in [0, 0.1) is 0 Å². The topological polar surface area (TPSA) is 72.6 Å². The molecule has 5 nitrogen and oxygen atoms in total. The summed E-state index contributed by atoms with van der Waals surface area (Å²) in [5, 5.41) is 0. The van der Waals surface area contributed by atoms with Crippen molar-refractivity contribution in [2.24, 2.45) is 0 Å². The molecule has 0 aliphatic heterocycles. The van der Waals surface area contributed by atoms with Crippen LogP contribution in [0.5, 0.6) is 5.75 Å². The molecule has 0 radical (unpaired) electrons. The van der Waals surface area contributed by atoms with Crippen LogP contribution < -0.4 is 10.5 Å². The maximum atomic E-state index is 13.7. The number of sulfonamides is 1. The van der Waals surface area contributed by atoms with Crippen LogP contribution in [0.25, 0.3) is 0 Å². The Morgan fingerprint density at radius 1 is 0.784 bits per heavy atom. The van der Waals surface area contributed by atoms with Gasteiger partial charge in [0.2, 0.25) is 10.0 Å². The molecule has 1 atom stereocenters. The number of nitrogens with zero attached hydrogens (tertiary/aromatic N) is 1. The normalized spacial score (nSPS) is 12.6. The summed E-state index contributed by atoms with van der Waals surface area (Å²) in [6, 6.07) is 14.3. The largest absolute Gasteiger partial charge is 0.495 e. The molecular formula is C31H50N2O3S. The lowest BCUT2D eigenvalue weighted by Crippen LogP contribution is -2.34. The van der Waals surface area contributed by atoms with Crippen LogP contribution in [0.3, 0.4) is 0 Å². The molecule has 0 unspecified atom stereocenters. The lowest BCUT2D eigenvalue weighted by Gasteiger charge is -2.29. The number of benzene rings is 2. The second-order valence-corrected chi connectivity index (χ2v) is 12.1. The lowest BCUT2D eigenvalue weighted by molar-refractivity contribution is 0.332. The highest BCUT2D eigenvalue weighted by Crippen LogP contribution is 2.31. The van der Waals surface area contributed by atoms with E-state index in [-0.39, 0.29) is 10.9 Å². The molecule has 0 saturated carbocycles. The first-order chi connectivity index (χ1) is 17.9. The van der Waals surface area contributed by atoms with Gasteiger partial charge in [-0.2, -0.15) is 4.31 Å². The molecule has 0 spiro atoms. The zero-order chi connectivity index (χ0) is 26.9. The van der Waals surface area contributed by atoms with Crippen LogP contribution in [0.2, 0.25) is 0 Å². The zero-order valence-electron chi connectivity index (χ0n) is 23.5. The number of ether oxygens (including phenoxy) is 1. The second kappa shape index (κ2) is 17.5. The van der Waals surface area contributed by atoms with Crippen LogP contribution in [-0.2, 0) is 10.0 Å². The number of methoxy groups -OCH3 is 1. The molecule has 0 amide bonds. The maximum absolute atomic E-state index is 13.7. The van der Waals surface area contributed by atoms with Crippen molar-refractivity contribution < 1.29 is 13.2 Å². The summed E-state index contributed by atoms with van der Waals surface area (Å²) in [7, 11) is -2.19. The summed E-state index contributed by atoms with van der Waals surface area (Å²) < 4.78 is 34.2. The Balaban J connectivity index is 1.83. The standard InChI is InChI=1S/C31H50N2O3S/c1-4-5-6-7-8-9-10-11-12-13-14-15-16-20-25-33(27(2)28-21-18-17-19-22-28)37(34,35)29-23-24-31(36-3)30(32)26-29/h17-19,21-24,26-27H,4-16,20,25,32H2,1-3H3/t27-/m1/s1. The predicted octanol–water partition coefficient (Wildman–Crippen LogP) is 8.51. The fraction of sp³-hybridized carbons (Fsp3) is 0.613. The van der Waals surface area contributed by atoms with E-state index in [9.17, 15) is 8.42 Å². The van der Waals surface area contributed by atoms with Gasteiger partial charge in [0.15, 0.2) is 0 Å². The summed E-state index contributed by atoms with van der Waals surface area (Å²) in [6.45, 7) is 4.72. The summed E-state index contributed by atoms with van der Waals surface area (Å²) in [6.07, 6.45) is 17.8. The first-order valence-corrected chi connectivity index (χ1v) is 15.9. The van der Waals surface area contributed by atoms with E-state index in [1.807, 2.05) is 37.3 Å². The van der Waals surface area contributed by atoms with Crippen LogP contribution in [0.4, 0.5) is 5.69 Å². The number of anilines is 1. The number of hydrogen-bond donors (Lipinski definition) is 1. The quantitative estimate of drug-likeness (QED) is 0.138. The highest BCUT2D eigenvalue weighted by atomic mass is 32.2. The van der Waals surface area contributed by atoms with Crippen molar-refractivity contribution in [2.75, 3.05) is 19.4 Å². The van der Waals surface area contributed by atoms with Crippen LogP contribution >= 0.6 is 0 Å². The SMILES string of the molecule is CCCCCCCCCCCCCCCCN([C@H](C)c1ccccc1)S(=O)(=O)c1ccc(OC)c(N)c1. The Kier molecular flexibility index (Phi) is 14.7. The van der Waals surface area contributed by atoms with Gasteiger partial charge in [-0.25, -0.2) is 8.42 Å². The Morgan fingerprint density at radius 3 is 1.78 bits per heavy atom. The second-order valence-electron chi connectivity index (χ2n) is 10.2. The molecule has 0 aliphatic rings. The van der Waals surface area contributed by atoms with Crippen molar-refractivity contribution >= 4 is 15.7 Å². The molecular weight excluding hydrogens is 480 g/mol. The van der Waals surface area contributed by atoms with Gasteiger partial charge in [-0.3, -0.25) is 0 Å². The van der Waals surface area contributed by atoms with Gasteiger partial charge < -0.3 is 10.5 Å². The van der Waals surface area contributed by atoms with Crippen molar-refractivity contribution in [2.45, 2.75) is 115 Å². The zero-order valence-corrected chi connectivity index (χ0v) is 24.3. The van der Waals surface area contributed by atoms with Gasteiger partial charge in [-0.05, 0) is 37.1 Å². The minimum absolute atomic E-state index is 0.207. The van der Waals surface area contributed by atoms with Gasteiger partial charge in [0.25, 0.3) is 0 Å². The molecule has 0 bridgehead atoms. The third-order valence-electron chi connectivity index (χ3n) is 7.25. The molecule has 2 N–H and O–H groups in total. The van der Waals surface area contributed by atoms with Gasteiger partial charge in [-0.1, -0.05) is 121 Å². The average Bonchev–Trinajstić information content (AvgIpc) is 2.91. The van der Waals surface area contributed by atoms with Crippen LogP contribution in [-0.4, -0.2) is 26.4 Å². The number of unbranched alkanes of at least 4 members (excludes halogenated alkanes) is 13. The first kappa shape index (κ1) is 31.2.